The Labute approximate surface area is 125 Å². The topological polar surface area (TPSA) is 26.8 Å². The molecule has 0 spiro atoms. The number of hydrogen-bond donors (Lipinski definition) is 0. The first-order valence-corrected chi connectivity index (χ1v) is 8.36. The van der Waals surface area contributed by atoms with Crippen molar-refractivity contribution in [2.24, 2.45) is 0 Å². The van der Waals surface area contributed by atoms with Gasteiger partial charge < -0.3 is 9.80 Å². The third-order valence-corrected chi connectivity index (χ3v) is 4.24. The van der Waals surface area contributed by atoms with Crippen molar-refractivity contribution in [2.75, 3.05) is 52.9 Å². The maximum Gasteiger partial charge on any atom is 0.222 e. The Balaban J connectivity index is 2.06. The van der Waals surface area contributed by atoms with Crippen LogP contribution >= 0.6 is 0 Å². The Bertz CT molecular complexity index is 262. The monoisotopic (exact) mass is 283 g/mol. The fourth-order valence-corrected chi connectivity index (χ4v) is 2.69. The Morgan fingerprint density at radius 2 is 1.75 bits per heavy atom. The first-order chi connectivity index (χ1) is 9.67. The average molecular weight is 283 g/mol. The van der Waals surface area contributed by atoms with Crippen LogP contribution in [0.4, 0.5) is 0 Å². The number of carbonyl (C=O) groups excluding carboxylic acids is 1. The van der Waals surface area contributed by atoms with Gasteiger partial charge in [-0.1, -0.05) is 20.3 Å². The van der Waals surface area contributed by atoms with E-state index in [1.165, 1.54) is 25.8 Å². The molecular formula is C16H33N3O. The van der Waals surface area contributed by atoms with Crippen molar-refractivity contribution in [3.63, 3.8) is 0 Å². The summed E-state index contributed by atoms with van der Waals surface area (Å²) in [4.78, 5) is 19.0. The van der Waals surface area contributed by atoms with Crippen molar-refractivity contribution >= 4 is 5.91 Å². The molecule has 0 aromatic rings. The first kappa shape index (κ1) is 17.4. The molecule has 0 radical (unpaired) electrons. The third-order valence-electron chi connectivity index (χ3n) is 4.24. The molecule has 1 heterocycles. The van der Waals surface area contributed by atoms with Crippen LogP contribution in [0.1, 0.15) is 46.0 Å². The second-order valence-corrected chi connectivity index (χ2v) is 5.93. The van der Waals surface area contributed by atoms with Crippen LogP contribution in [-0.2, 0) is 4.79 Å². The first-order valence-electron chi connectivity index (χ1n) is 8.36. The second kappa shape index (κ2) is 10.2. The highest BCUT2D eigenvalue weighted by atomic mass is 16.2. The number of nitrogens with zero attached hydrogens (tertiary/aromatic N) is 3. The molecule has 4 nitrogen and oxygen atoms in total. The van der Waals surface area contributed by atoms with Gasteiger partial charge in [0.05, 0.1) is 0 Å². The summed E-state index contributed by atoms with van der Waals surface area (Å²) in [5, 5.41) is 0. The largest absolute Gasteiger partial charge is 0.340 e. The van der Waals surface area contributed by atoms with Gasteiger partial charge in [-0.15, -0.1) is 0 Å². The number of unbranched alkanes of at least 4 members (excludes halogenated alkanes) is 2. The van der Waals surface area contributed by atoms with E-state index in [-0.39, 0.29) is 0 Å². The fourth-order valence-electron chi connectivity index (χ4n) is 2.69. The highest BCUT2D eigenvalue weighted by molar-refractivity contribution is 5.76. The van der Waals surface area contributed by atoms with Gasteiger partial charge >= 0.3 is 0 Å². The molecule has 0 unspecified atom stereocenters. The quantitative estimate of drug-likeness (QED) is 0.606. The van der Waals surface area contributed by atoms with Gasteiger partial charge in [-0.25, -0.2) is 0 Å². The smallest absolute Gasteiger partial charge is 0.222 e. The minimum atomic E-state index is 0.366. The number of amides is 1. The summed E-state index contributed by atoms with van der Waals surface area (Å²) >= 11 is 0. The minimum absolute atomic E-state index is 0.366. The van der Waals surface area contributed by atoms with E-state index in [1.54, 1.807) is 0 Å². The molecule has 0 aromatic heterocycles. The summed E-state index contributed by atoms with van der Waals surface area (Å²) in [5.41, 5.74) is 0. The van der Waals surface area contributed by atoms with Gasteiger partial charge in [0.1, 0.15) is 0 Å². The molecule has 118 valence electrons. The summed E-state index contributed by atoms with van der Waals surface area (Å²) in [5.74, 6) is 0.366. The van der Waals surface area contributed by atoms with Crippen molar-refractivity contribution < 1.29 is 4.79 Å². The summed E-state index contributed by atoms with van der Waals surface area (Å²) in [6.45, 7) is 11.8. The summed E-state index contributed by atoms with van der Waals surface area (Å²) in [6, 6.07) is 0. The molecule has 1 aliphatic heterocycles. The SMILES string of the molecule is CCCN1CCN(C(=O)CCCCCN(C)CC)CC1. The van der Waals surface area contributed by atoms with Gasteiger partial charge in [-0.2, -0.15) is 0 Å². The standard InChI is InChI=1S/C16H33N3O/c1-4-10-18-12-14-19(15-13-18)16(20)9-7-6-8-11-17(3)5-2/h4-15H2,1-3H3. The van der Waals surface area contributed by atoms with Gasteiger partial charge in [-0.3, -0.25) is 9.69 Å². The molecule has 0 aromatic carbocycles. The number of carbonyl (C=O) groups is 1. The lowest BCUT2D eigenvalue weighted by atomic mass is 10.1. The number of hydrogen-bond acceptors (Lipinski definition) is 3. The molecule has 4 heteroatoms. The van der Waals surface area contributed by atoms with E-state index in [4.69, 9.17) is 0 Å². The van der Waals surface area contributed by atoms with E-state index in [2.05, 4.69) is 35.6 Å². The molecule has 1 aliphatic rings. The Hall–Kier alpha value is -0.610. The lowest BCUT2D eigenvalue weighted by molar-refractivity contribution is -0.133. The van der Waals surface area contributed by atoms with Crippen molar-refractivity contribution in [1.29, 1.82) is 0 Å². The van der Waals surface area contributed by atoms with Crippen LogP contribution < -0.4 is 0 Å². The fraction of sp³-hybridized carbons (Fsp3) is 0.938. The van der Waals surface area contributed by atoms with Gasteiger partial charge in [0.2, 0.25) is 5.91 Å². The molecule has 0 N–H and O–H groups in total. The zero-order chi connectivity index (χ0) is 14.8. The predicted octanol–water partition coefficient (Wildman–Crippen LogP) is 2.05. The highest BCUT2D eigenvalue weighted by Crippen LogP contribution is 2.08. The van der Waals surface area contributed by atoms with Gasteiger partial charge in [0.15, 0.2) is 0 Å². The number of rotatable bonds is 9. The maximum atomic E-state index is 12.1. The zero-order valence-electron chi connectivity index (χ0n) is 13.7. The van der Waals surface area contributed by atoms with Crippen LogP contribution in [0.3, 0.4) is 0 Å². The van der Waals surface area contributed by atoms with E-state index >= 15 is 0 Å². The van der Waals surface area contributed by atoms with Crippen LogP contribution in [0.15, 0.2) is 0 Å². The maximum absolute atomic E-state index is 12.1. The highest BCUT2D eigenvalue weighted by Gasteiger charge is 2.19. The number of piperazine rings is 1. The van der Waals surface area contributed by atoms with Crippen molar-refractivity contribution in [1.82, 2.24) is 14.7 Å². The summed E-state index contributed by atoms with van der Waals surface area (Å²) < 4.78 is 0. The lowest BCUT2D eigenvalue weighted by Gasteiger charge is -2.34. The van der Waals surface area contributed by atoms with E-state index in [9.17, 15) is 4.79 Å². The van der Waals surface area contributed by atoms with Crippen molar-refractivity contribution in [3.05, 3.63) is 0 Å². The van der Waals surface area contributed by atoms with Gasteiger partial charge in [-0.05, 0) is 45.9 Å². The minimum Gasteiger partial charge on any atom is -0.340 e. The normalized spacial score (nSPS) is 16.9. The zero-order valence-corrected chi connectivity index (χ0v) is 13.7. The van der Waals surface area contributed by atoms with E-state index < -0.39 is 0 Å². The molecule has 0 atom stereocenters. The van der Waals surface area contributed by atoms with Crippen LogP contribution in [0, 0.1) is 0 Å². The molecular weight excluding hydrogens is 250 g/mol. The summed E-state index contributed by atoms with van der Waals surface area (Å²) in [7, 11) is 2.15. The molecule has 0 saturated carbocycles. The van der Waals surface area contributed by atoms with Crippen molar-refractivity contribution in [2.45, 2.75) is 46.0 Å². The molecule has 1 amide bonds. The molecule has 1 fully saturated rings. The Kier molecular flexibility index (Phi) is 8.86. The molecule has 1 rings (SSSR count). The van der Waals surface area contributed by atoms with E-state index in [0.29, 0.717) is 5.91 Å². The Morgan fingerprint density at radius 1 is 1.05 bits per heavy atom. The molecule has 20 heavy (non-hydrogen) atoms. The second-order valence-electron chi connectivity index (χ2n) is 5.93. The molecule has 0 bridgehead atoms. The lowest BCUT2D eigenvalue weighted by Crippen LogP contribution is -2.48. The van der Waals surface area contributed by atoms with E-state index in [0.717, 1.165) is 52.1 Å². The molecule has 0 aliphatic carbocycles. The molecule has 1 saturated heterocycles. The van der Waals surface area contributed by atoms with Gasteiger partial charge in [0, 0.05) is 32.6 Å². The Morgan fingerprint density at radius 3 is 2.35 bits per heavy atom. The average Bonchev–Trinajstić information content (AvgIpc) is 2.47. The third kappa shape index (κ3) is 6.71. The van der Waals surface area contributed by atoms with E-state index in [1.807, 2.05) is 0 Å². The summed E-state index contributed by atoms with van der Waals surface area (Å²) in [6.07, 6.45) is 5.38. The van der Waals surface area contributed by atoms with Crippen molar-refractivity contribution in [3.8, 4) is 0 Å². The van der Waals surface area contributed by atoms with Crippen LogP contribution in [0.5, 0.6) is 0 Å². The predicted molar refractivity (Wildman–Crippen MR) is 85.0 cm³/mol. The van der Waals surface area contributed by atoms with Gasteiger partial charge in [0.25, 0.3) is 0 Å². The van der Waals surface area contributed by atoms with Crippen LogP contribution in [0.25, 0.3) is 0 Å². The van der Waals surface area contributed by atoms with Crippen LogP contribution in [-0.4, -0.2) is 73.5 Å². The van der Waals surface area contributed by atoms with Crippen LogP contribution in [0.2, 0.25) is 0 Å².